The van der Waals surface area contributed by atoms with Crippen LogP contribution in [0.3, 0.4) is 0 Å². The molecule has 1 amide bonds. The van der Waals surface area contributed by atoms with Crippen LogP contribution in [0.5, 0.6) is 0 Å². The van der Waals surface area contributed by atoms with Gasteiger partial charge < -0.3 is 5.32 Å². The minimum absolute atomic E-state index is 0.00136. The molecule has 7 heteroatoms. The molecule has 1 N–H and O–H groups in total. The Kier molecular flexibility index (Phi) is 6.81. The Morgan fingerprint density at radius 1 is 1.18 bits per heavy atom. The fourth-order valence-corrected chi connectivity index (χ4v) is 3.66. The summed E-state index contributed by atoms with van der Waals surface area (Å²) in [4.78, 5) is 16.3. The summed E-state index contributed by atoms with van der Waals surface area (Å²) >= 11 is 1.39. The van der Waals surface area contributed by atoms with Crippen molar-refractivity contribution >= 4 is 17.7 Å². The molecule has 2 aromatic heterocycles. The fraction of sp³-hybridized carbons (Fsp3) is 0.333. The molecular weight excluding hydrogens is 370 g/mol. The smallest absolute Gasteiger partial charge is 0.230 e. The topological polar surface area (TPSA) is 72.7 Å². The SMILES string of the molecule is CCCNC(=O)CSc1nnc(-c2cccnc2)n1-c1ccccc1C(C)C. The number of benzene rings is 1. The molecule has 0 aliphatic rings. The van der Waals surface area contributed by atoms with Crippen LogP contribution in [0.25, 0.3) is 17.1 Å². The van der Waals surface area contributed by atoms with E-state index in [0.29, 0.717) is 23.4 Å². The van der Waals surface area contributed by atoms with E-state index in [2.05, 4.69) is 46.5 Å². The Bertz CT molecular complexity index is 924. The standard InChI is InChI=1S/C21H25N5OS/c1-4-11-23-19(27)14-28-21-25-24-20(16-8-7-12-22-13-16)26(21)18-10-6-5-9-17(18)15(2)3/h5-10,12-13,15H,4,11,14H2,1-3H3,(H,23,27). The molecule has 0 fully saturated rings. The van der Waals surface area contributed by atoms with Crippen LogP contribution < -0.4 is 5.32 Å². The van der Waals surface area contributed by atoms with E-state index in [4.69, 9.17) is 0 Å². The van der Waals surface area contributed by atoms with Gasteiger partial charge in [-0.05, 0) is 36.1 Å². The number of carbonyl (C=O) groups excluding carboxylic acids is 1. The van der Waals surface area contributed by atoms with E-state index >= 15 is 0 Å². The highest BCUT2D eigenvalue weighted by molar-refractivity contribution is 7.99. The van der Waals surface area contributed by atoms with Crippen molar-refractivity contribution in [1.82, 2.24) is 25.1 Å². The Morgan fingerprint density at radius 2 is 2.00 bits per heavy atom. The molecule has 0 aliphatic carbocycles. The molecule has 1 aromatic carbocycles. The highest BCUT2D eigenvalue weighted by Crippen LogP contribution is 2.31. The summed E-state index contributed by atoms with van der Waals surface area (Å²) in [6.45, 7) is 7.05. The lowest BCUT2D eigenvalue weighted by molar-refractivity contribution is -0.118. The van der Waals surface area contributed by atoms with Gasteiger partial charge in [0.1, 0.15) is 0 Å². The number of hydrogen-bond acceptors (Lipinski definition) is 5. The molecule has 146 valence electrons. The van der Waals surface area contributed by atoms with Crippen molar-refractivity contribution in [3.8, 4) is 17.1 Å². The number of nitrogens with zero attached hydrogens (tertiary/aromatic N) is 4. The zero-order chi connectivity index (χ0) is 19.9. The van der Waals surface area contributed by atoms with Crippen LogP contribution >= 0.6 is 11.8 Å². The Morgan fingerprint density at radius 3 is 2.71 bits per heavy atom. The van der Waals surface area contributed by atoms with Gasteiger partial charge in [0.2, 0.25) is 5.91 Å². The first-order valence-corrected chi connectivity index (χ1v) is 10.4. The van der Waals surface area contributed by atoms with E-state index in [0.717, 1.165) is 23.5 Å². The molecule has 0 bridgehead atoms. The summed E-state index contributed by atoms with van der Waals surface area (Å²) in [6, 6.07) is 12.1. The molecule has 0 spiro atoms. The minimum Gasteiger partial charge on any atom is -0.355 e. The lowest BCUT2D eigenvalue weighted by atomic mass is 10.0. The maximum atomic E-state index is 12.1. The van der Waals surface area contributed by atoms with Crippen molar-refractivity contribution in [1.29, 1.82) is 0 Å². The Balaban J connectivity index is 2.02. The van der Waals surface area contributed by atoms with E-state index in [1.165, 1.54) is 17.3 Å². The predicted octanol–water partition coefficient (Wildman–Crippen LogP) is 4.07. The van der Waals surface area contributed by atoms with Gasteiger partial charge in [-0.2, -0.15) is 0 Å². The molecule has 0 aliphatic heterocycles. The van der Waals surface area contributed by atoms with Gasteiger partial charge in [-0.15, -0.1) is 10.2 Å². The largest absolute Gasteiger partial charge is 0.355 e. The van der Waals surface area contributed by atoms with Gasteiger partial charge >= 0.3 is 0 Å². The van der Waals surface area contributed by atoms with E-state index < -0.39 is 0 Å². The molecule has 28 heavy (non-hydrogen) atoms. The van der Waals surface area contributed by atoms with Crippen LogP contribution in [-0.2, 0) is 4.79 Å². The van der Waals surface area contributed by atoms with Crippen LogP contribution in [0.15, 0.2) is 53.9 Å². The van der Waals surface area contributed by atoms with Crippen molar-refractivity contribution in [2.45, 2.75) is 38.3 Å². The maximum absolute atomic E-state index is 12.1. The summed E-state index contributed by atoms with van der Waals surface area (Å²) in [5.74, 6) is 1.36. The molecule has 2 heterocycles. The second kappa shape index (κ2) is 9.50. The zero-order valence-electron chi connectivity index (χ0n) is 16.4. The van der Waals surface area contributed by atoms with Crippen molar-refractivity contribution in [3.63, 3.8) is 0 Å². The van der Waals surface area contributed by atoms with Crippen LogP contribution in [0, 0.1) is 0 Å². The molecule has 0 unspecified atom stereocenters. The molecule has 0 radical (unpaired) electrons. The number of carbonyl (C=O) groups is 1. The van der Waals surface area contributed by atoms with E-state index in [1.54, 1.807) is 12.4 Å². The third-order valence-corrected chi connectivity index (χ3v) is 5.19. The lowest BCUT2D eigenvalue weighted by Gasteiger charge is -2.16. The van der Waals surface area contributed by atoms with Crippen molar-refractivity contribution in [3.05, 3.63) is 54.4 Å². The first-order chi connectivity index (χ1) is 13.6. The van der Waals surface area contributed by atoms with Gasteiger partial charge in [-0.1, -0.05) is 50.7 Å². The number of para-hydroxylation sites is 1. The molecular formula is C21H25N5OS. The molecule has 6 nitrogen and oxygen atoms in total. The van der Waals surface area contributed by atoms with Gasteiger partial charge in [-0.25, -0.2) is 0 Å². The number of rotatable bonds is 8. The van der Waals surface area contributed by atoms with E-state index in [1.807, 2.05) is 35.8 Å². The van der Waals surface area contributed by atoms with Crippen LogP contribution in [0.1, 0.15) is 38.7 Å². The van der Waals surface area contributed by atoms with Gasteiger partial charge in [0, 0.05) is 24.5 Å². The first kappa shape index (κ1) is 20.1. The molecule has 3 aromatic rings. The van der Waals surface area contributed by atoms with Crippen molar-refractivity contribution < 1.29 is 4.79 Å². The second-order valence-corrected chi connectivity index (χ2v) is 7.68. The second-order valence-electron chi connectivity index (χ2n) is 6.74. The highest BCUT2D eigenvalue weighted by atomic mass is 32.2. The minimum atomic E-state index is 0.00136. The van der Waals surface area contributed by atoms with Gasteiger partial charge in [-0.3, -0.25) is 14.3 Å². The summed E-state index contributed by atoms with van der Waals surface area (Å²) in [6.07, 6.45) is 4.43. The zero-order valence-corrected chi connectivity index (χ0v) is 17.2. The van der Waals surface area contributed by atoms with Gasteiger partial charge in [0.05, 0.1) is 11.4 Å². The Labute approximate surface area is 169 Å². The van der Waals surface area contributed by atoms with E-state index in [9.17, 15) is 4.79 Å². The van der Waals surface area contributed by atoms with Crippen LogP contribution in [0.4, 0.5) is 0 Å². The predicted molar refractivity (Wildman–Crippen MR) is 113 cm³/mol. The van der Waals surface area contributed by atoms with E-state index in [-0.39, 0.29) is 5.91 Å². The maximum Gasteiger partial charge on any atom is 0.230 e. The lowest BCUT2D eigenvalue weighted by Crippen LogP contribution is -2.25. The monoisotopic (exact) mass is 395 g/mol. The van der Waals surface area contributed by atoms with Crippen LogP contribution in [-0.4, -0.2) is 38.0 Å². The summed E-state index contributed by atoms with van der Waals surface area (Å²) in [5, 5.41) is 12.4. The van der Waals surface area contributed by atoms with Gasteiger partial charge in [0.15, 0.2) is 11.0 Å². The molecule has 0 atom stereocenters. The third kappa shape index (κ3) is 4.59. The average Bonchev–Trinajstić information content (AvgIpc) is 3.15. The number of amides is 1. The van der Waals surface area contributed by atoms with Crippen molar-refractivity contribution in [2.75, 3.05) is 12.3 Å². The summed E-state index contributed by atoms with van der Waals surface area (Å²) < 4.78 is 2.03. The first-order valence-electron chi connectivity index (χ1n) is 9.46. The normalized spacial score (nSPS) is 11.0. The molecule has 0 saturated heterocycles. The average molecular weight is 396 g/mol. The third-order valence-electron chi connectivity index (χ3n) is 4.26. The molecule has 3 rings (SSSR count). The number of nitrogens with one attached hydrogen (secondary N) is 1. The summed E-state index contributed by atoms with van der Waals surface area (Å²) in [7, 11) is 0. The molecule has 0 saturated carbocycles. The number of thioether (sulfide) groups is 1. The van der Waals surface area contributed by atoms with Crippen LogP contribution in [0.2, 0.25) is 0 Å². The highest BCUT2D eigenvalue weighted by Gasteiger charge is 2.20. The fourth-order valence-electron chi connectivity index (χ4n) is 2.89. The summed E-state index contributed by atoms with van der Waals surface area (Å²) in [5.41, 5.74) is 3.11. The number of aromatic nitrogens is 4. The van der Waals surface area contributed by atoms with Crippen molar-refractivity contribution in [2.24, 2.45) is 0 Å². The van der Waals surface area contributed by atoms with Gasteiger partial charge in [0.25, 0.3) is 0 Å². The quantitative estimate of drug-likeness (QED) is 0.582. The number of hydrogen-bond donors (Lipinski definition) is 1. The Hall–Kier alpha value is -2.67. The number of pyridine rings is 1.